The highest BCUT2D eigenvalue weighted by Crippen LogP contribution is 2.39. The first kappa shape index (κ1) is 13.1. The van der Waals surface area contributed by atoms with Crippen molar-refractivity contribution in [3.05, 3.63) is 12.4 Å². The number of nitrogens with one attached hydrogen (secondary N) is 1. The summed E-state index contributed by atoms with van der Waals surface area (Å²) in [6.45, 7) is 6.94. The van der Waals surface area contributed by atoms with E-state index >= 15 is 0 Å². The Morgan fingerprint density at radius 2 is 2.11 bits per heavy atom. The average Bonchev–Trinajstić information content (AvgIpc) is 2.26. The summed E-state index contributed by atoms with van der Waals surface area (Å²) in [6, 6.07) is 1.85. The van der Waals surface area contributed by atoms with Crippen LogP contribution in [0.4, 0.5) is 5.82 Å². The van der Waals surface area contributed by atoms with E-state index in [0.29, 0.717) is 17.2 Å². The number of ether oxygens (including phenoxy) is 1. The quantitative estimate of drug-likeness (QED) is 0.894. The Morgan fingerprint density at radius 1 is 1.33 bits per heavy atom. The zero-order chi connectivity index (χ0) is 13.2. The highest BCUT2D eigenvalue weighted by Gasteiger charge is 2.33. The largest absolute Gasteiger partial charge is 0.474 e. The lowest BCUT2D eigenvalue weighted by molar-refractivity contribution is 0.0532. The number of aromatic nitrogens is 2. The van der Waals surface area contributed by atoms with E-state index < -0.39 is 0 Å². The summed E-state index contributed by atoms with van der Waals surface area (Å²) < 4.78 is 6.01. The molecular weight excluding hydrogens is 226 g/mol. The van der Waals surface area contributed by atoms with Gasteiger partial charge in [-0.05, 0) is 30.6 Å². The molecule has 0 amide bonds. The van der Waals surface area contributed by atoms with Gasteiger partial charge in [0.15, 0.2) is 0 Å². The van der Waals surface area contributed by atoms with E-state index in [1.807, 2.05) is 13.1 Å². The Bertz CT molecular complexity index is 406. The van der Waals surface area contributed by atoms with Gasteiger partial charge in [-0.3, -0.25) is 0 Å². The molecule has 2 rings (SSSR count). The van der Waals surface area contributed by atoms with Crippen LogP contribution in [-0.2, 0) is 0 Å². The van der Waals surface area contributed by atoms with E-state index in [0.717, 1.165) is 18.7 Å². The third-order valence-corrected chi connectivity index (χ3v) is 3.53. The first-order valence-electron chi connectivity index (χ1n) is 6.65. The summed E-state index contributed by atoms with van der Waals surface area (Å²) in [5, 5.41) is 3.00. The molecule has 1 fully saturated rings. The van der Waals surface area contributed by atoms with Gasteiger partial charge in [0.1, 0.15) is 18.2 Å². The highest BCUT2D eigenvalue weighted by atomic mass is 16.5. The molecule has 1 aliphatic carbocycles. The van der Waals surface area contributed by atoms with Crippen molar-refractivity contribution >= 4 is 5.82 Å². The normalized spacial score (nSPS) is 26.7. The fraction of sp³-hybridized carbons (Fsp3) is 0.714. The minimum atomic E-state index is 0.267. The summed E-state index contributed by atoms with van der Waals surface area (Å²) in [5.74, 6) is 2.18. The standard InChI is InChI=1S/C14H23N3O/c1-10-5-11(8-14(2,3)7-10)18-13-6-12(15-4)16-9-17-13/h6,9-11H,5,7-8H2,1-4H3,(H,15,16,17). The predicted octanol–water partition coefficient (Wildman–Crippen LogP) is 3.11. The van der Waals surface area contributed by atoms with Gasteiger partial charge in [0.2, 0.25) is 5.88 Å². The van der Waals surface area contributed by atoms with E-state index in [9.17, 15) is 0 Å². The molecule has 0 aliphatic heterocycles. The SMILES string of the molecule is CNc1cc(OC2CC(C)CC(C)(C)C2)ncn1. The van der Waals surface area contributed by atoms with Crippen LogP contribution >= 0.6 is 0 Å². The van der Waals surface area contributed by atoms with Crippen molar-refractivity contribution in [1.29, 1.82) is 0 Å². The molecule has 2 unspecified atom stereocenters. The van der Waals surface area contributed by atoms with Crippen LogP contribution in [0.2, 0.25) is 0 Å². The average molecular weight is 249 g/mol. The third-order valence-electron chi connectivity index (χ3n) is 3.53. The maximum absolute atomic E-state index is 6.01. The second kappa shape index (κ2) is 5.12. The van der Waals surface area contributed by atoms with Crippen LogP contribution in [0.25, 0.3) is 0 Å². The topological polar surface area (TPSA) is 47.0 Å². The van der Waals surface area contributed by atoms with E-state index in [1.54, 1.807) is 6.33 Å². The van der Waals surface area contributed by atoms with E-state index in [4.69, 9.17) is 4.74 Å². The van der Waals surface area contributed by atoms with Gasteiger partial charge >= 0.3 is 0 Å². The van der Waals surface area contributed by atoms with Crippen molar-refractivity contribution in [3.63, 3.8) is 0 Å². The first-order chi connectivity index (χ1) is 8.48. The smallest absolute Gasteiger partial charge is 0.218 e. The molecule has 1 aromatic heterocycles. The molecule has 1 aliphatic rings. The fourth-order valence-electron chi connectivity index (χ4n) is 3.06. The Morgan fingerprint density at radius 3 is 2.78 bits per heavy atom. The Kier molecular flexibility index (Phi) is 3.73. The molecule has 1 heterocycles. The van der Waals surface area contributed by atoms with Crippen LogP contribution in [0.5, 0.6) is 5.88 Å². The molecule has 1 N–H and O–H groups in total. The molecule has 1 saturated carbocycles. The summed E-state index contributed by atoms with van der Waals surface area (Å²) in [5.41, 5.74) is 0.362. The minimum absolute atomic E-state index is 0.267. The Labute approximate surface area is 109 Å². The molecule has 4 heteroatoms. The van der Waals surface area contributed by atoms with Crippen molar-refractivity contribution in [3.8, 4) is 5.88 Å². The molecule has 0 bridgehead atoms. The van der Waals surface area contributed by atoms with Crippen molar-refractivity contribution in [2.24, 2.45) is 11.3 Å². The zero-order valence-electron chi connectivity index (χ0n) is 11.7. The molecule has 0 saturated heterocycles. The Balaban J connectivity index is 2.04. The third kappa shape index (κ3) is 3.34. The zero-order valence-corrected chi connectivity index (χ0v) is 11.7. The van der Waals surface area contributed by atoms with E-state index in [-0.39, 0.29) is 6.10 Å². The molecule has 4 nitrogen and oxygen atoms in total. The minimum Gasteiger partial charge on any atom is -0.474 e. The number of hydrogen-bond donors (Lipinski definition) is 1. The summed E-state index contributed by atoms with van der Waals surface area (Å²) >= 11 is 0. The lowest BCUT2D eigenvalue weighted by Gasteiger charge is -2.38. The second-order valence-electron chi connectivity index (χ2n) is 6.14. The molecule has 1 aromatic rings. The van der Waals surface area contributed by atoms with Gasteiger partial charge in [0, 0.05) is 13.1 Å². The molecule has 100 valence electrons. The van der Waals surface area contributed by atoms with Crippen molar-refractivity contribution in [2.45, 2.75) is 46.1 Å². The maximum atomic E-state index is 6.01. The highest BCUT2D eigenvalue weighted by molar-refractivity contribution is 5.36. The van der Waals surface area contributed by atoms with Crippen molar-refractivity contribution < 1.29 is 4.74 Å². The predicted molar refractivity (Wildman–Crippen MR) is 72.8 cm³/mol. The van der Waals surface area contributed by atoms with Crippen LogP contribution in [0, 0.1) is 11.3 Å². The maximum Gasteiger partial charge on any atom is 0.218 e. The van der Waals surface area contributed by atoms with E-state index in [1.165, 1.54) is 6.42 Å². The number of anilines is 1. The van der Waals surface area contributed by atoms with Gasteiger partial charge in [0.25, 0.3) is 0 Å². The molecule has 2 atom stereocenters. The van der Waals surface area contributed by atoms with Crippen molar-refractivity contribution in [1.82, 2.24) is 9.97 Å². The molecular formula is C14H23N3O. The van der Waals surface area contributed by atoms with Gasteiger partial charge in [0.05, 0.1) is 0 Å². The molecule has 0 aromatic carbocycles. The van der Waals surface area contributed by atoms with Crippen LogP contribution in [0.15, 0.2) is 12.4 Å². The van der Waals surface area contributed by atoms with Gasteiger partial charge in [-0.2, -0.15) is 0 Å². The van der Waals surface area contributed by atoms with Gasteiger partial charge in [-0.25, -0.2) is 9.97 Å². The van der Waals surface area contributed by atoms with Crippen LogP contribution in [0.1, 0.15) is 40.0 Å². The van der Waals surface area contributed by atoms with Gasteiger partial charge in [-0.15, -0.1) is 0 Å². The molecule has 18 heavy (non-hydrogen) atoms. The second-order valence-corrected chi connectivity index (χ2v) is 6.14. The van der Waals surface area contributed by atoms with Crippen molar-refractivity contribution in [2.75, 3.05) is 12.4 Å². The monoisotopic (exact) mass is 249 g/mol. The fourth-order valence-corrected chi connectivity index (χ4v) is 3.06. The van der Waals surface area contributed by atoms with Crippen LogP contribution in [0.3, 0.4) is 0 Å². The summed E-state index contributed by atoms with van der Waals surface area (Å²) in [4.78, 5) is 8.27. The summed E-state index contributed by atoms with van der Waals surface area (Å²) in [6.07, 6.45) is 5.29. The lowest BCUT2D eigenvalue weighted by atomic mass is 9.71. The number of rotatable bonds is 3. The summed E-state index contributed by atoms with van der Waals surface area (Å²) in [7, 11) is 1.85. The number of hydrogen-bond acceptors (Lipinski definition) is 4. The van der Waals surface area contributed by atoms with Gasteiger partial charge in [-0.1, -0.05) is 20.8 Å². The van der Waals surface area contributed by atoms with Gasteiger partial charge < -0.3 is 10.1 Å². The van der Waals surface area contributed by atoms with Crippen LogP contribution in [-0.4, -0.2) is 23.1 Å². The molecule has 0 radical (unpaired) electrons. The van der Waals surface area contributed by atoms with Crippen LogP contribution < -0.4 is 10.1 Å². The molecule has 0 spiro atoms. The first-order valence-corrected chi connectivity index (χ1v) is 6.65. The Hall–Kier alpha value is -1.32. The van der Waals surface area contributed by atoms with E-state index in [2.05, 4.69) is 36.1 Å². The number of nitrogens with zero attached hydrogens (tertiary/aromatic N) is 2. The lowest BCUT2D eigenvalue weighted by Crippen LogP contribution is -2.34.